The smallest absolute Gasteiger partial charge is 0.254 e. The van der Waals surface area contributed by atoms with Crippen LogP contribution in [0.5, 0.6) is 5.75 Å². The molecule has 1 fully saturated rings. The molecule has 0 saturated heterocycles. The van der Waals surface area contributed by atoms with Gasteiger partial charge in [0.2, 0.25) is 5.91 Å². The van der Waals surface area contributed by atoms with Crippen molar-refractivity contribution in [2.24, 2.45) is 7.05 Å². The van der Waals surface area contributed by atoms with Gasteiger partial charge in [-0.3, -0.25) is 9.59 Å². The summed E-state index contributed by atoms with van der Waals surface area (Å²) < 4.78 is 7.22. The van der Waals surface area contributed by atoms with E-state index >= 15 is 0 Å². The summed E-state index contributed by atoms with van der Waals surface area (Å²) in [6, 6.07) is 11.3. The molecule has 0 spiro atoms. The van der Waals surface area contributed by atoms with Gasteiger partial charge >= 0.3 is 0 Å². The molecular formula is C23H31N3O3. The van der Waals surface area contributed by atoms with E-state index in [1.807, 2.05) is 48.7 Å². The Bertz CT molecular complexity index is 839. The van der Waals surface area contributed by atoms with Crippen molar-refractivity contribution in [3.05, 3.63) is 53.9 Å². The second-order valence-corrected chi connectivity index (χ2v) is 7.78. The molecule has 6 nitrogen and oxygen atoms in total. The highest BCUT2D eigenvalue weighted by molar-refractivity contribution is 5.97. The largest absolute Gasteiger partial charge is 0.497 e. The fourth-order valence-electron chi connectivity index (χ4n) is 3.43. The maximum atomic E-state index is 13.2. The number of carbonyl (C=O) groups excluding carboxylic acids is 2. The van der Waals surface area contributed by atoms with Gasteiger partial charge in [0.1, 0.15) is 12.3 Å². The molecule has 3 rings (SSSR count). The van der Waals surface area contributed by atoms with Crippen LogP contribution in [0.3, 0.4) is 0 Å². The van der Waals surface area contributed by atoms with Gasteiger partial charge in [0.25, 0.3) is 5.91 Å². The van der Waals surface area contributed by atoms with Crippen LogP contribution in [0.25, 0.3) is 0 Å². The molecular weight excluding hydrogens is 366 g/mol. The molecule has 0 N–H and O–H groups in total. The normalized spacial score (nSPS) is 14.3. The molecule has 1 heterocycles. The van der Waals surface area contributed by atoms with E-state index in [4.69, 9.17) is 4.74 Å². The molecule has 0 bridgehead atoms. The highest BCUT2D eigenvalue weighted by Gasteiger charge is 2.35. The van der Waals surface area contributed by atoms with Crippen LogP contribution in [0.2, 0.25) is 0 Å². The summed E-state index contributed by atoms with van der Waals surface area (Å²) in [7, 11) is 3.59. The number of ether oxygens (including phenoxy) is 1. The van der Waals surface area contributed by atoms with Crippen molar-refractivity contribution in [1.82, 2.24) is 14.4 Å². The molecule has 1 saturated carbocycles. The zero-order valence-electron chi connectivity index (χ0n) is 17.8. The molecule has 2 aromatic rings. The molecule has 0 radical (unpaired) electrons. The van der Waals surface area contributed by atoms with E-state index in [2.05, 4.69) is 0 Å². The van der Waals surface area contributed by atoms with E-state index in [1.54, 1.807) is 36.3 Å². The summed E-state index contributed by atoms with van der Waals surface area (Å²) in [6.45, 7) is 4.71. The lowest BCUT2D eigenvalue weighted by Gasteiger charge is -2.31. The van der Waals surface area contributed by atoms with E-state index in [1.165, 1.54) is 0 Å². The van der Waals surface area contributed by atoms with Crippen LogP contribution in [-0.4, -0.2) is 51.9 Å². The lowest BCUT2D eigenvalue weighted by atomic mass is 10.1. The Labute approximate surface area is 173 Å². The molecule has 1 aromatic carbocycles. The van der Waals surface area contributed by atoms with E-state index in [-0.39, 0.29) is 30.4 Å². The predicted molar refractivity (Wildman–Crippen MR) is 113 cm³/mol. The standard InChI is InChI=1S/C23H31N3O3/c1-5-17(2)25(23(28)18-8-12-21(29-4)13-9-18)16-22(27)26(19-10-11-19)15-20-7-6-14-24(20)3/h6-9,12-14,17,19H,5,10-11,15-16H2,1-4H3. The number of rotatable bonds is 9. The number of aromatic nitrogens is 1. The topological polar surface area (TPSA) is 54.8 Å². The number of methoxy groups -OCH3 is 1. The lowest BCUT2D eigenvalue weighted by Crippen LogP contribution is -2.47. The van der Waals surface area contributed by atoms with Crippen molar-refractivity contribution < 1.29 is 14.3 Å². The number of hydrogen-bond donors (Lipinski definition) is 0. The zero-order valence-corrected chi connectivity index (χ0v) is 17.8. The van der Waals surface area contributed by atoms with Crippen LogP contribution in [0.15, 0.2) is 42.6 Å². The maximum Gasteiger partial charge on any atom is 0.254 e. The molecule has 1 atom stereocenters. The minimum Gasteiger partial charge on any atom is -0.497 e. The minimum absolute atomic E-state index is 0.0101. The van der Waals surface area contributed by atoms with Crippen LogP contribution in [0, 0.1) is 0 Å². The minimum atomic E-state index is -0.120. The molecule has 2 amide bonds. The van der Waals surface area contributed by atoms with Crippen LogP contribution in [0.1, 0.15) is 49.2 Å². The van der Waals surface area contributed by atoms with E-state index in [0.717, 1.165) is 25.0 Å². The molecule has 0 aliphatic heterocycles. The Morgan fingerprint density at radius 2 is 1.90 bits per heavy atom. The lowest BCUT2D eigenvalue weighted by molar-refractivity contribution is -0.133. The second kappa shape index (κ2) is 9.16. The van der Waals surface area contributed by atoms with Gasteiger partial charge in [-0.2, -0.15) is 0 Å². The molecule has 156 valence electrons. The number of aryl methyl sites for hydroxylation is 1. The van der Waals surface area contributed by atoms with Crippen LogP contribution < -0.4 is 4.74 Å². The van der Waals surface area contributed by atoms with Crippen molar-refractivity contribution in [3.63, 3.8) is 0 Å². The van der Waals surface area contributed by atoms with Crippen molar-refractivity contribution >= 4 is 11.8 Å². The fraction of sp³-hybridized carbons (Fsp3) is 0.478. The van der Waals surface area contributed by atoms with Gasteiger partial charge < -0.3 is 19.1 Å². The average molecular weight is 398 g/mol. The molecule has 1 aromatic heterocycles. The van der Waals surface area contributed by atoms with Gasteiger partial charge in [-0.25, -0.2) is 0 Å². The van der Waals surface area contributed by atoms with Gasteiger partial charge in [-0.05, 0) is 62.6 Å². The van der Waals surface area contributed by atoms with Crippen molar-refractivity contribution in [2.75, 3.05) is 13.7 Å². The van der Waals surface area contributed by atoms with Gasteiger partial charge in [0.15, 0.2) is 0 Å². The Hall–Kier alpha value is -2.76. The third-order valence-corrected chi connectivity index (χ3v) is 5.72. The highest BCUT2D eigenvalue weighted by Crippen LogP contribution is 2.29. The summed E-state index contributed by atoms with van der Waals surface area (Å²) in [4.78, 5) is 30.0. The van der Waals surface area contributed by atoms with E-state index < -0.39 is 0 Å². The van der Waals surface area contributed by atoms with Crippen LogP contribution >= 0.6 is 0 Å². The Kier molecular flexibility index (Phi) is 6.62. The first-order valence-electron chi connectivity index (χ1n) is 10.3. The van der Waals surface area contributed by atoms with Gasteiger partial charge in [0, 0.05) is 36.6 Å². The fourth-order valence-corrected chi connectivity index (χ4v) is 3.43. The first-order valence-corrected chi connectivity index (χ1v) is 10.3. The third kappa shape index (κ3) is 5.00. The van der Waals surface area contributed by atoms with Crippen LogP contribution in [0.4, 0.5) is 0 Å². The molecule has 29 heavy (non-hydrogen) atoms. The summed E-state index contributed by atoms with van der Waals surface area (Å²) >= 11 is 0. The molecule has 1 aliphatic rings. The number of hydrogen-bond acceptors (Lipinski definition) is 3. The Balaban J connectivity index is 1.76. The first kappa shape index (κ1) is 21.0. The SMILES string of the molecule is CCC(C)N(CC(=O)N(Cc1cccn1C)C1CC1)C(=O)c1ccc(OC)cc1. The predicted octanol–water partition coefficient (Wildman–Crippen LogP) is 3.47. The summed E-state index contributed by atoms with van der Waals surface area (Å²) in [5.41, 5.74) is 1.67. The molecule has 1 aliphatic carbocycles. The Morgan fingerprint density at radius 3 is 2.41 bits per heavy atom. The Morgan fingerprint density at radius 1 is 1.21 bits per heavy atom. The van der Waals surface area contributed by atoms with Crippen molar-refractivity contribution in [3.8, 4) is 5.75 Å². The monoisotopic (exact) mass is 397 g/mol. The second-order valence-electron chi connectivity index (χ2n) is 7.78. The van der Waals surface area contributed by atoms with Crippen molar-refractivity contribution in [2.45, 2.75) is 51.7 Å². The maximum absolute atomic E-state index is 13.2. The highest BCUT2D eigenvalue weighted by atomic mass is 16.5. The van der Waals surface area contributed by atoms with E-state index in [9.17, 15) is 9.59 Å². The van der Waals surface area contributed by atoms with Gasteiger partial charge in [-0.15, -0.1) is 0 Å². The number of carbonyl (C=O) groups is 2. The molecule has 1 unspecified atom stereocenters. The van der Waals surface area contributed by atoms with E-state index in [0.29, 0.717) is 17.9 Å². The number of amides is 2. The molecule has 6 heteroatoms. The third-order valence-electron chi connectivity index (χ3n) is 5.72. The van der Waals surface area contributed by atoms with Gasteiger partial charge in [-0.1, -0.05) is 6.92 Å². The number of benzene rings is 1. The van der Waals surface area contributed by atoms with Crippen molar-refractivity contribution in [1.29, 1.82) is 0 Å². The summed E-state index contributed by atoms with van der Waals surface area (Å²) in [5.74, 6) is 0.594. The summed E-state index contributed by atoms with van der Waals surface area (Å²) in [6.07, 6.45) is 4.85. The van der Waals surface area contributed by atoms with Crippen LogP contribution in [-0.2, 0) is 18.4 Å². The zero-order chi connectivity index (χ0) is 21.0. The van der Waals surface area contributed by atoms with Gasteiger partial charge in [0.05, 0.1) is 13.7 Å². The first-order chi connectivity index (χ1) is 13.9. The average Bonchev–Trinajstić information content (AvgIpc) is 3.50. The number of nitrogens with zero attached hydrogens (tertiary/aromatic N) is 3. The summed E-state index contributed by atoms with van der Waals surface area (Å²) in [5, 5.41) is 0. The quantitative estimate of drug-likeness (QED) is 0.651.